The van der Waals surface area contributed by atoms with Crippen LogP contribution >= 0.6 is 0 Å². The molecule has 0 aliphatic rings. The lowest BCUT2D eigenvalue weighted by molar-refractivity contribution is -0.132. The van der Waals surface area contributed by atoms with Crippen LogP contribution in [0.1, 0.15) is 25.8 Å². The highest BCUT2D eigenvalue weighted by Crippen LogP contribution is 2.31. The fraction of sp³-hybridized carbons (Fsp3) is 0.273. The molecule has 132 valence electrons. The fourth-order valence-corrected chi connectivity index (χ4v) is 3.33. The van der Waals surface area contributed by atoms with Crippen LogP contribution in [0.15, 0.2) is 54.6 Å². The van der Waals surface area contributed by atoms with E-state index in [4.69, 9.17) is 5.26 Å². The molecule has 1 amide bonds. The standard InChI is InChI=1S/C22H23N3O/c1-16(2)25(14-8-13-23)21(26)15-19-18-11-6-7-12-20(18)24-22(19)17-9-4-3-5-10-17/h3-7,9-12,16,24H,8,14-15H2,1-2H3. The number of para-hydroxylation sites is 1. The van der Waals surface area contributed by atoms with E-state index in [0.29, 0.717) is 19.4 Å². The first-order valence-corrected chi connectivity index (χ1v) is 8.93. The third-order valence-corrected chi connectivity index (χ3v) is 4.61. The van der Waals surface area contributed by atoms with E-state index in [1.807, 2.05) is 50.2 Å². The summed E-state index contributed by atoms with van der Waals surface area (Å²) in [5.74, 6) is 0.0529. The zero-order chi connectivity index (χ0) is 18.5. The Balaban J connectivity index is 2.01. The molecule has 0 radical (unpaired) electrons. The number of fused-ring (bicyclic) bond motifs is 1. The van der Waals surface area contributed by atoms with Crippen molar-refractivity contribution < 1.29 is 4.79 Å². The highest BCUT2D eigenvalue weighted by atomic mass is 16.2. The van der Waals surface area contributed by atoms with E-state index < -0.39 is 0 Å². The maximum atomic E-state index is 13.0. The van der Waals surface area contributed by atoms with Crippen LogP contribution in [0.2, 0.25) is 0 Å². The van der Waals surface area contributed by atoms with Crippen molar-refractivity contribution in [3.05, 3.63) is 60.2 Å². The van der Waals surface area contributed by atoms with Gasteiger partial charge in [-0.25, -0.2) is 0 Å². The number of amides is 1. The van der Waals surface area contributed by atoms with Crippen LogP contribution in [0.4, 0.5) is 0 Å². The predicted octanol–water partition coefficient (Wildman–Crippen LogP) is 4.53. The van der Waals surface area contributed by atoms with Gasteiger partial charge < -0.3 is 9.88 Å². The number of nitrogens with zero attached hydrogens (tertiary/aromatic N) is 2. The van der Waals surface area contributed by atoms with Crippen molar-refractivity contribution in [3.8, 4) is 17.3 Å². The van der Waals surface area contributed by atoms with Crippen LogP contribution in [0.25, 0.3) is 22.2 Å². The lowest BCUT2D eigenvalue weighted by Crippen LogP contribution is -2.38. The molecule has 0 aliphatic heterocycles. The fourth-order valence-electron chi connectivity index (χ4n) is 3.33. The molecule has 1 N–H and O–H groups in total. The van der Waals surface area contributed by atoms with Crippen molar-refractivity contribution in [3.63, 3.8) is 0 Å². The summed E-state index contributed by atoms with van der Waals surface area (Å²) in [5, 5.41) is 9.95. The second kappa shape index (κ2) is 7.88. The predicted molar refractivity (Wildman–Crippen MR) is 105 cm³/mol. The minimum atomic E-state index is 0.0529. The van der Waals surface area contributed by atoms with Crippen LogP contribution in [-0.2, 0) is 11.2 Å². The molecule has 0 bridgehead atoms. The van der Waals surface area contributed by atoms with Crippen molar-refractivity contribution >= 4 is 16.8 Å². The molecule has 0 atom stereocenters. The number of aromatic nitrogens is 1. The molecule has 0 unspecified atom stereocenters. The number of nitriles is 1. The molecule has 26 heavy (non-hydrogen) atoms. The Kier molecular flexibility index (Phi) is 5.38. The maximum absolute atomic E-state index is 13.0. The first kappa shape index (κ1) is 17.8. The molecule has 0 saturated heterocycles. The molecule has 4 heteroatoms. The number of hydrogen-bond donors (Lipinski definition) is 1. The number of aromatic amines is 1. The van der Waals surface area contributed by atoms with Crippen molar-refractivity contribution in [2.24, 2.45) is 0 Å². The number of carbonyl (C=O) groups is 1. The molecule has 3 rings (SSSR count). The number of carbonyl (C=O) groups excluding carboxylic acids is 1. The zero-order valence-electron chi connectivity index (χ0n) is 15.2. The average molecular weight is 345 g/mol. The van der Waals surface area contributed by atoms with Crippen molar-refractivity contribution in [1.82, 2.24) is 9.88 Å². The second-order valence-corrected chi connectivity index (χ2v) is 6.66. The first-order valence-electron chi connectivity index (χ1n) is 8.93. The van der Waals surface area contributed by atoms with Crippen molar-refractivity contribution in [2.75, 3.05) is 6.54 Å². The summed E-state index contributed by atoms with van der Waals surface area (Å²) in [7, 11) is 0. The lowest BCUT2D eigenvalue weighted by atomic mass is 10.0. The Morgan fingerprint density at radius 1 is 1.12 bits per heavy atom. The smallest absolute Gasteiger partial charge is 0.227 e. The van der Waals surface area contributed by atoms with E-state index in [2.05, 4.69) is 29.3 Å². The highest BCUT2D eigenvalue weighted by Gasteiger charge is 2.21. The Morgan fingerprint density at radius 2 is 1.81 bits per heavy atom. The largest absolute Gasteiger partial charge is 0.354 e. The summed E-state index contributed by atoms with van der Waals surface area (Å²) in [4.78, 5) is 18.3. The average Bonchev–Trinajstić information content (AvgIpc) is 3.01. The van der Waals surface area contributed by atoms with Crippen molar-refractivity contribution in [1.29, 1.82) is 5.26 Å². The van der Waals surface area contributed by atoms with Gasteiger partial charge in [-0.3, -0.25) is 4.79 Å². The van der Waals surface area contributed by atoms with Gasteiger partial charge in [0.05, 0.1) is 24.6 Å². The zero-order valence-corrected chi connectivity index (χ0v) is 15.2. The van der Waals surface area contributed by atoms with Crippen LogP contribution in [-0.4, -0.2) is 28.4 Å². The van der Waals surface area contributed by atoms with Gasteiger partial charge in [-0.05, 0) is 31.0 Å². The van der Waals surface area contributed by atoms with Gasteiger partial charge in [0.25, 0.3) is 0 Å². The Morgan fingerprint density at radius 3 is 2.50 bits per heavy atom. The summed E-state index contributed by atoms with van der Waals surface area (Å²) in [6, 6.07) is 20.4. The molecular weight excluding hydrogens is 322 g/mol. The monoisotopic (exact) mass is 345 g/mol. The van der Waals surface area contributed by atoms with E-state index in [-0.39, 0.29) is 11.9 Å². The van der Waals surface area contributed by atoms with E-state index in [9.17, 15) is 4.79 Å². The first-order chi connectivity index (χ1) is 12.6. The number of nitrogens with one attached hydrogen (secondary N) is 1. The van der Waals surface area contributed by atoms with E-state index in [1.165, 1.54) is 0 Å². The van der Waals surface area contributed by atoms with Gasteiger partial charge in [0.15, 0.2) is 0 Å². The van der Waals surface area contributed by atoms with Gasteiger partial charge in [-0.15, -0.1) is 0 Å². The molecule has 2 aromatic carbocycles. The van der Waals surface area contributed by atoms with E-state index in [1.54, 1.807) is 4.90 Å². The highest BCUT2D eigenvalue weighted by molar-refractivity contribution is 5.95. The maximum Gasteiger partial charge on any atom is 0.227 e. The quantitative estimate of drug-likeness (QED) is 0.713. The minimum absolute atomic E-state index is 0.0529. The summed E-state index contributed by atoms with van der Waals surface area (Å²) in [5.41, 5.74) is 4.10. The summed E-state index contributed by atoms with van der Waals surface area (Å²) >= 11 is 0. The van der Waals surface area contributed by atoms with Crippen LogP contribution in [0.5, 0.6) is 0 Å². The third-order valence-electron chi connectivity index (χ3n) is 4.61. The van der Waals surface area contributed by atoms with Crippen LogP contribution in [0, 0.1) is 11.3 Å². The number of hydrogen-bond acceptors (Lipinski definition) is 2. The van der Waals surface area contributed by atoms with Crippen molar-refractivity contribution in [2.45, 2.75) is 32.7 Å². The van der Waals surface area contributed by atoms with Gasteiger partial charge in [0.1, 0.15) is 0 Å². The molecular formula is C22H23N3O. The Bertz CT molecular complexity index is 935. The van der Waals surface area contributed by atoms with E-state index >= 15 is 0 Å². The van der Waals surface area contributed by atoms with Gasteiger partial charge in [-0.2, -0.15) is 5.26 Å². The van der Waals surface area contributed by atoms with Gasteiger partial charge >= 0.3 is 0 Å². The van der Waals surface area contributed by atoms with Gasteiger partial charge in [0.2, 0.25) is 5.91 Å². The minimum Gasteiger partial charge on any atom is -0.354 e. The molecule has 1 aromatic heterocycles. The number of H-pyrrole nitrogens is 1. The summed E-state index contributed by atoms with van der Waals surface area (Å²) < 4.78 is 0. The molecule has 4 nitrogen and oxygen atoms in total. The Labute approximate surface area is 154 Å². The molecule has 0 fully saturated rings. The van der Waals surface area contributed by atoms with Crippen LogP contribution in [0.3, 0.4) is 0 Å². The van der Waals surface area contributed by atoms with Gasteiger partial charge in [-0.1, -0.05) is 48.5 Å². The molecule has 3 aromatic rings. The molecule has 0 aliphatic carbocycles. The molecule has 1 heterocycles. The lowest BCUT2D eigenvalue weighted by Gasteiger charge is -2.26. The molecule has 0 saturated carbocycles. The summed E-state index contributed by atoms with van der Waals surface area (Å²) in [6.07, 6.45) is 0.668. The SMILES string of the molecule is CC(C)N(CCC#N)C(=O)Cc1c(-c2ccccc2)[nH]c2ccccc12. The topological polar surface area (TPSA) is 59.9 Å². The molecule has 0 spiro atoms. The van der Waals surface area contributed by atoms with Crippen LogP contribution < -0.4 is 0 Å². The van der Waals surface area contributed by atoms with Gasteiger partial charge in [0, 0.05) is 23.5 Å². The third kappa shape index (κ3) is 3.62. The normalized spacial score (nSPS) is 10.8. The number of rotatable bonds is 6. The van der Waals surface area contributed by atoms with E-state index in [0.717, 1.165) is 27.7 Å². The summed E-state index contributed by atoms with van der Waals surface area (Å²) in [6.45, 7) is 4.45. The second-order valence-electron chi connectivity index (χ2n) is 6.66. The Hall–Kier alpha value is -3.06. The number of benzene rings is 2.